The van der Waals surface area contributed by atoms with Crippen molar-refractivity contribution in [1.29, 1.82) is 5.41 Å². The van der Waals surface area contributed by atoms with Crippen LogP contribution in [0.25, 0.3) is 0 Å². The second kappa shape index (κ2) is 10.2. The van der Waals surface area contributed by atoms with Crippen LogP contribution < -0.4 is 10.9 Å². The monoisotopic (exact) mass is 428 g/mol. The van der Waals surface area contributed by atoms with Crippen LogP contribution >= 0.6 is 23.2 Å². The molecule has 0 aliphatic heterocycles. The number of unbranched alkanes of at least 4 members (excludes halogenated alkanes) is 1. The smallest absolute Gasteiger partial charge is 0.256 e. The van der Waals surface area contributed by atoms with Gasteiger partial charge in [0, 0.05) is 18.3 Å². The molecule has 0 bridgehead atoms. The molecule has 1 aromatic heterocycles. The van der Waals surface area contributed by atoms with Crippen molar-refractivity contribution in [2.24, 2.45) is 0 Å². The van der Waals surface area contributed by atoms with Crippen LogP contribution in [-0.4, -0.2) is 16.2 Å². The summed E-state index contributed by atoms with van der Waals surface area (Å²) in [6.07, 6.45) is 4.52. The van der Waals surface area contributed by atoms with Gasteiger partial charge in [-0.3, -0.25) is 9.78 Å². The van der Waals surface area contributed by atoms with Crippen LogP contribution in [0.1, 0.15) is 35.2 Å². The third-order valence-electron chi connectivity index (χ3n) is 4.61. The molecule has 0 aliphatic rings. The van der Waals surface area contributed by atoms with E-state index in [0.717, 1.165) is 31.0 Å². The first kappa shape index (κ1) is 21.1. The minimum absolute atomic E-state index is 0.213. The lowest BCUT2D eigenvalue weighted by molar-refractivity contribution is 0.725. The number of halogens is 2. The summed E-state index contributed by atoms with van der Waals surface area (Å²) in [5, 5.41) is 11.7. The second-order valence-electron chi connectivity index (χ2n) is 6.72. The van der Waals surface area contributed by atoms with Crippen LogP contribution in [0.15, 0.2) is 53.3 Å². The normalized spacial score (nSPS) is 10.7. The van der Waals surface area contributed by atoms with Gasteiger partial charge in [0.1, 0.15) is 0 Å². The molecule has 0 aliphatic carbocycles. The van der Waals surface area contributed by atoms with Gasteiger partial charge in [-0.25, -0.2) is 4.98 Å². The SMILES string of the molecule is N=Cc1nc(NCc2ccc(Cl)c(Cl)c2)[nH]c(=O)c1CCCCc1ccccc1. The number of H-pyrrole nitrogens is 1. The van der Waals surface area contributed by atoms with Gasteiger partial charge in [-0.2, -0.15) is 0 Å². The molecular weight excluding hydrogens is 407 g/mol. The third kappa shape index (κ3) is 5.92. The Labute approximate surface area is 179 Å². The molecule has 0 spiro atoms. The Morgan fingerprint density at radius 3 is 2.48 bits per heavy atom. The number of aromatic amines is 1. The van der Waals surface area contributed by atoms with Gasteiger partial charge in [-0.05, 0) is 48.9 Å². The number of benzene rings is 2. The van der Waals surface area contributed by atoms with Gasteiger partial charge in [0.25, 0.3) is 5.56 Å². The van der Waals surface area contributed by atoms with Crippen molar-refractivity contribution in [3.8, 4) is 0 Å². The maximum Gasteiger partial charge on any atom is 0.256 e. The first-order valence-electron chi connectivity index (χ1n) is 9.42. The summed E-state index contributed by atoms with van der Waals surface area (Å²) in [5.41, 5.74) is 2.92. The number of nitrogens with one attached hydrogen (secondary N) is 3. The first-order valence-corrected chi connectivity index (χ1v) is 10.2. The molecule has 29 heavy (non-hydrogen) atoms. The van der Waals surface area contributed by atoms with E-state index >= 15 is 0 Å². The minimum atomic E-state index is -0.213. The fourth-order valence-corrected chi connectivity index (χ4v) is 3.39. The predicted molar refractivity (Wildman–Crippen MR) is 120 cm³/mol. The Kier molecular flexibility index (Phi) is 7.44. The van der Waals surface area contributed by atoms with Gasteiger partial charge >= 0.3 is 0 Å². The number of anilines is 1. The van der Waals surface area contributed by atoms with E-state index in [4.69, 9.17) is 28.6 Å². The average Bonchev–Trinajstić information content (AvgIpc) is 2.73. The maximum absolute atomic E-state index is 12.5. The van der Waals surface area contributed by atoms with Gasteiger partial charge in [-0.1, -0.05) is 59.6 Å². The number of hydrogen-bond donors (Lipinski definition) is 3. The van der Waals surface area contributed by atoms with Crippen LogP contribution in [0.2, 0.25) is 10.0 Å². The summed E-state index contributed by atoms with van der Waals surface area (Å²) >= 11 is 12.0. The molecule has 0 atom stereocenters. The lowest BCUT2D eigenvalue weighted by Crippen LogP contribution is -2.20. The molecule has 7 heteroatoms. The fraction of sp³-hybridized carbons (Fsp3) is 0.227. The van der Waals surface area contributed by atoms with E-state index in [9.17, 15) is 4.79 Å². The summed E-state index contributed by atoms with van der Waals surface area (Å²) in [7, 11) is 0. The molecule has 1 heterocycles. The molecule has 150 valence electrons. The minimum Gasteiger partial charge on any atom is -0.352 e. The zero-order valence-electron chi connectivity index (χ0n) is 15.8. The Morgan fingerprint density at radius 1 is 1.00 bits per heavy atom. The predicted octanol–water partition coefficient (Wildman–Crippen LogP) is 5.25. The lowest BCUT2D eigenvalue weighted by Gasteiger charge is -2.10. The number of rotatable bonds is 9. The highest BCUT2D eigenvalue weighted by atomic mass is 35.5. The van der Waals surface area contributed by atoms with Gasteiger partial charge in [-0.15, -0.1) is 0 Å². The van der Waals surface area contributed by atoms with Gasteiger partial charge in [0.05, 0.1) is 15.7 Å². The summed E-state index contributed by atoms with van der Waals surface area (Å²) in [6.45, 7) is 0.424. The first-order chi connectivity index (χ1) is 14.1. The Balaban J connectivity index is 1.61. The zero-order chi connectivity index (χ0) is 20.6. The highest BCUT2D eigenvalue weighted by molar-refractivity contribution is 6.42. The molecule has 0 radical (unpaired) electrons. The maximum atomic E-state index is 12.5. The van der Waals surface area contributed by atoms with Crippen molar-refractivity contribution >= 4 is 35.4 Å². The Morgan fingerprint density at radius 2 is 1.76 bits per heavy atom. The van der Waals surface area contributed by atoms with E-state index in [1.807, 2.05) is 24.3 Å². The molecule has 5 nitrogen and oxygen atoms in total. The average molecular weight is 429 g/mol. The van der Waals surface area contributed by atoms with E-state index in [1.54, 1.807) is 12.1 Å². The highest BCUT2D eigenvalue weighted by Crippen LogP contribution is 2.22. The molecule has 3 rings (SSSR count). The van der Waals surface area contributed by atoms with E-state index in [2.05, 4.69) is 27.4 Å². The summed E-state index contributed by atoms with van der Waals surface area (Å²) < 4.78 is 0. The molecule has 3 N–H and O–H groups in total. The van der Waals surface area contributed by atoms with Crippen molar-refractivity contribution in [2.45, 2.75) is 32.2 Å². The number of hydrogen-bond acceptors (Lipinski definition) is 4. The molecule has 0 saturated heterocycles. The molecular formula is C22H22Cl2N4O. The number of aromatic nitrogens is 2. The van der Waals surface area contributed by atoms with Gasteiger partial charge in [0.15, 0.2) is 0 Å². The lowest BCUT2D eigenvalue weighted by atomic mass is 10.0. The van der Waals surface area contributed by atoms with Crippen molar-refractivity contribution in [1.82, 2.24) is 9.97 Å². The second-order valence-corrected chi connectivity index (χ2v) is 7.53. The van der Waals surface area contributed by atoms with Crippen LogP contribution in [0.3, 0.4) is 0 Å². The summed E-state index contributed by atoms with van der Waals surface area (Å²) in [6, 6.07) is 15.6. The standard InChI is InChI=1S/C22H22Cl2N4O/c23-18-11-10-16(12-19(18)24)14-26-22-27-20(13-25)17(21(29)28-22)9-5-4-8-15-6-2-1-3-7-15/h1-3,6-7,10-13,25H,4-5,8-9,14H2,(H2,26,27,28,29). The van der Waals surface area contributed by atoms with Crippen molar-refractivity contribution in [3.63, 3.8) is 0 Å². The molecule has 0 fully saturated rings. The molecule has 2 aromatic carbocycles. The van der Waals surface area contributed by atoms with Crippen molar-refractivity contribution in [2.75, 3.05) is 5.32 Å². The van der Waals surface area contributed by atoms with E-state index in [0.29, 0.717) is 40.2 Å². The van der Waals surface area contributed by atoms with Gasteiger partial charge in [0.2, 0.25) is 5.95 Å². The zero-order valence-corrected chi connectivity index (χ0v) is 17.4. The van der Waals surface area contributed by atoms with Crippen LogP contribution in [0.4, 0.5) is 5.95 Å². The topological polar surface area (TPSA) is 81.6 Å². The van der Waals surface area contributed by atoms with E-state index in [-0.39, 0.29) is 5.56 Å². The van der Waals surface area contributed by atoms with E-state index < -0.39 is 0 Å². The Hall–Kier alpha value is -2.63. The highest BCUT2D eigenvalue weighted by Gasteiger charge is 2.10. The fourth-order valence-electron chi connectivity index (χ4n) is 3.07. The number of nitrogens with zero attached hydrogens (tertiary/aromatic N) is 1. The van der Waals surface area contributed by atoms with E-state index in [1.165, 1.54) is 5.56 Å². The summed E-state index contributed by atoms with van der Waals surface area (Å²) in [4.78, 5) is 19.7. The Bertz CT molecular complexity index is 1030. The van der Waals surface area contributed by atoms with Crippen LogP contribution in [0.5, 0.6) is 0 Å². The van der Waals surface area contributed by atoms with Crippen LogP contribution in [0, 0.1) is 5.41 Å². The largest absolute Gasteiger partial charge is 0.352 e. The van der Waals surface area contributed by atoms with Gasteiger partial charge < -0.3 is 10.7 Å². The van der Waals surface area contributed by atoms with Crippen molar-refractivity contribution < 1.29 is 0 Å². The molecule has 3 aromatic rings. The quantitative estimate of drug-likeness (QED) is 0.321. The third-order valence-corrected chi connectivity index (χ3v) is 5.35. The molecule has 0 unspecified atom stereocenters. The van der Waals surface area contributed by atoms with Crippen LogP contribution in [-0.2, 0) is 19.4 Å². The van der Waals surface area contributed by atoms with Crippen molar-refractivity contribution in [3.05, 3.63) is 91.3 Å². The molecule has 0 amide bonds. The number of aryl methyl sites for hydroxylation is 1. The summed E-state index contributed by atoms with van der Waals surface area (Å²) in [5.74, 6) is 0.326. The molecule has 0 saturated carbocycles.